The molecule has 2 fully saturated rings. The SMILES string of the molecule is CCN1CCN(C(=O)NC2(C(=O)O)CCCC(C)C2)CC1. The van der Waals surface area contributed by atoms with Crippen LogP contribution in [0.5, 0.6) is 0 Å². The second kappa shape index (κ2) is 6.64. The Hall–Kier alpha value is -1.30. The Bertz CT molecular complexity index is 394. The summed E-state index contributed by atoms with van der Waals surface area (Å²) in [4.78, 5) is 28.1. The third kappa shape index (κ3) is 3.67. The molecule has 120 valence electrons. The van der Waals surface area contributed by atoms with Crippen molar-refractivity contribution in [2.45, 2.75) is 45.1 Å². The number of hydrogen-bond donors (Lipinski definition) is 2. The predicted molar refractivity (Wildman–Crippen MR) is 80.2 cm³/mol. The standard InChI is InChI=1S/C15H27N3O3/c1-3-17-7-9-18(10-8-17)14(21)16-15(13(19)20)6-4-5-12(2)11-15/h12H,3-11H2,1-2H3,(H,16,21)(H,19,20). The van der Waals surface area contributed by atoms with E-state index in [9.17, 15) is 14.7 Å². The molecule has 2 amide bonds. The molecule has 2 aliphatic rings. The van der Waals surface area contributed by atoms with Crippen LogP contribution < -0.4 is 5.32 Å². The maximum Gasteiger partial charge on any atom is 0.329 e. The van der Waals surface area contributed by atoms with Gasteiger partial charge in [0.2, 0.25) is 0 Å². The zero-order chi connectivity index (χ0) is 15.5. The van der Waals surface area contributed by atoms with Crippen LogP contribution in [0.1, 0.15) is 39.5 Å². The van der Waals surface area contributed by atoms with Gasteiger partial charge in [-0.3, -0.25) is 0 Å². The summed E-state index contributed by atoms with van der Waals surface area (Å²) in [5, 5.41) is 12.4. The molecule has 0 radical (unpaired) electrons. The largest absolute Gasteiger partial charge is 0.480 e. The Labute approximate surface area is 126 Å². The fourth-order valence-corrected chi connectivity index (χ4v) is 3.46. The minimum atomic E-state index is -1.07. The summed E-state index contributed by atoms with van der Waals surface area (Å²) in [6.07, 6.45) is 2.97. The molecular weight excluding hydrogens is 270 g/mol. The highest BCUT2D eigenvalue weighted by Crippen LogP contribution is 2.32. The highest BCUT2D eigenvalue weighted by Gasteiger charge is 2.44. The number of nitrogens with zero attached hydrogens (tertiary/aromatic N) is 2. The Morgan fingerprint density at radius 2 is 1.95 bits per heavy atom. The molecule has 21 heavy (non-hydrogen) atoms. The number of carbonyl (C=O) groups is 2. The zero-order valence-electron chi connectivity index (χ0n) is 13.1. The summed E-state index contributed by atoms with van der Waals surface area (Å²) in [6.45, 7) is 8.23. The van der Waals surface area contributed by atoms with Gasteiger partial charge in [-0.15, -0.1) is 0 Å². The van der Waals surface area contributed by atoms with E-state index in [1.54, 1.807) is 4.90 Å². The topological polar surface area (TPSA) is 72.9 Å². The number of amides is 2. The van der Waals surface area contributed by atoms with E-state index in [2.05, 4.69) is 24.1 Å². The van der Waals surface area contributed by atoms with Gasteiger partial charge in [-0.2, -0.15) is 0 Å². The first kappa shape index (κ1) is 16.1. The summed E-state index contributed by atoms with van der Waals surface area (Å²) in [5.41, 5.74) is -1.07. The lowest BCUT2D eigenvalue weighted by Crippen LogP contribution is -2.61. The van der Waals surface area contributed by atoms with Gasteiger partial charge in [0, 0.05) is 26.2 Å². The van der Waals surface area contributed by atoms with Crippen molar-refractivity contribution in [2.75, 3.05) is 32.7 Å². The van der Waals surface area contributed by atoms with Crippen LogP contribution in [0, 0.1) is 5.92 Å². The molecule has 0 aromatic rings. The van der Waals surface area contributed by atoms with Gasteiger partial charge in [0.15, 0.2) is 0 Å². The van der Waals surface area contributed by atoms with Crippen molar-refractivity contribution >= 4 is 12.0 Å². The summed E-state index contributed by atoms with van der Waals surface area (Å²) in [7, 11) is 0. The Morgan fingerprint density at radius 3 is 2.48 bits per heavy atom. The number of carbonyl (C=O) groups excluding carboxylic acids is 1. The summed E-state index contributed by atoms with van der Waals surface area (Å²) >= 11 is 0. The number of carboxylic acids is 1. The van der Waals surface area contributed by atoms with E-state index in [1.165, 1.54) is 0 Å². The molecule has 2 rings (SSSR count). The highest BCUT2D eigenvalue weighted by atomic mass is 16.4. The first-order chi connectivity index (χ1) is 9.97. The lowest BCUT2D eigenvalue weighted by molar-refractivity contribution is -0.146. The van der Waals surface area contributed by atoms with E-state index >= 15 is 0 Å². The molecule has 1 aliphatic heterocycles. The normalized spacial score (nSPS) is 31.0. The minimum Gasteiger partial charge on any atom is -0.480 e. The second-order valence-corrected chi connectivity index (χ2v) is 6.44. The smallest absolute Gasteiger partial charge is 0.329 e. The van der Waals surface area contributed by atoms with E-state index < -0.39 is 11.5 Å². The lowest BCUT2D eigenvalue weighted by Gasteiger charge is -2.40. The summed E-state index contributed by atoms with van der Waals surface area (Å²) in [5.74, 6) is -0.554. The van der Waals surface area contributed by atoms with Crippen LogP contribution in [-0.4, -0.2) is 65.2 Å². The molecule has 0 spiro atoms. The molecule has 2 unspecified atom stereocenters. The van der Waals surface area contributed by atoms with Crippen molar-refractivity contribution in [1.82, 2.24) is 15.1 Å². The Kier molecular flexibility index (Phi) is 5.08. The van der Waals surface area contributed by atoms with Crippen LogP contribution in [0.2, 0.25) is 0 Å². The molecule has 0 bridgehead atoms. The molecule has 6 heteroatoms. The fraction of sp³-hybridized carbons (Fsp3) is 0.867. The third-order valence-corrected chi connectivity index (χ3v) is 4.86. The lowest BCUT2D eigenvalue weighted by atomic mass is 9.76. The fourth-order valence-electron chi connectivity index (χ4n) is 3.46. The van der Waals surface area contributed by atoms with Gasteiger partial charge in [-0.05, 0) is 25.3 Å². The molecule has 0 aromatic carbocycles. The van der Waals surface area contributed by atoms with Gasteiger partial charge in [0.25, 0.3) is 0 Å². The maximum absolute atomic E-state index is 12.4. The van der Waals surface area contributed by atoms with E-state index in [-0.39, 0.29) is 6.03 Å². The van der Waals surface area contributed by atoms with Crippen LogP contribution in [0.25, 0.3) is 0 Å². The van der Waals surface area contributed by atoms with Crippen LogP contribution >= 0.6 is 0 Å². The molecule has 1 aliphatic carbocycles. The van der Waals surface area contributed by atoms with Crippen LogP contribution in [0.3, 0.4) is 0 Å². The average molecular weight is 297 g/mol. The molecule has 6 nitrogen and oxygen atoms in total. The molecule has 1 saturated heterocycles. The van der Waals surface area contributed by atoms with Gasteiger partial charge >= 0.3 is 12.0 Å². The third-order valence-electron chi connectivity index (χ3n) is 4.86. The van der Waals surface area contributed by atoms with Gasteiger partial charge in [-0.25, -0.2) is 9.59 Å². The van der Waals surface area contributed by atoms with Crippen molar-refractivity contribution in [2.24, 2.45) is 5.92 Å². The Balaban J connectivity index is 1.97. The zero-order valence-corrected chi connectivity index (χ0v) is 13.1. The van der Waals surface area contributed by atoms with Crippen molar-refractivity contribution in [3.05, 3.63) is 0 Å². The van der Waals surface area contributed by atoms with Gasteiger partial charge < -0.3 is 20.2 Å². The average Bonchev–Trinajstić information content (AvgIpc) is 2.47. The number of aliphatic carboxylic acids is 1. The summed E-state index contributed by atoms with van der Waals surface area (Å²) < 4.78 is 0. The molecule has 2 N–H and O–H groups in total. The number of rotatable bonds is 3. The van der Waals surface area contributed by atoms with Crippen LogP contribution in [-0.2, 0) is 4.79 Å². The van der Waals surface area contributed by atoms with E-state index in [4.69, 9.17) is 0 Å². The van der Waals surface area contributed by atoms with Crippen molar-refractivity contribution in [1.29, 1.82) is 0 Å². The van der Waals surface area contributed by atoms with Gasteiger partial charge in [0.1, 0.15) is 5.54 Å². The highest BCUT2D eigenvalue weighted by molar-refractivity contribution is 5.86. The van der Waals surface area contributed by atoms with E-state index in [0.717, 1.165) is 32.5 Å². The summed E-state index contributed by atoms with van der Waals surface area (Å²) in [6, 6.07) is -0.220. The quantitative estimate of drug-likeness (QED) is 0.825. The molecule has 0 aromatic heterocycles. The van der Waals surface area contributed by atoms with Gasteiger partial charge in [-0.1, -0.05) is 26.7 Å². The number of carboxylic acid groups (broad SMARTS) is 1. The maximum atomic E-state index is 12.4. The van der Waals surface area contributed by atoms with Crippen molar-refractivity contribution < 1.29 is 14.7 Å². The second-order valence-electron chi connectivity index (χ2n) is 6.44. The number of piperazine rings is 1. The molecule has 2 atom stereocenters. The molecular formula is C15H27N3O3. The van der Waals surface area contributed by atoms with Crippen LogP contribution in [0.4, 0.5) is 4.79 Å². The number of hydrogen-bond acceptors (Lipinski definition) is 3. The molecule has 1 heterocycles. The van der Waals surface area contributed by atoms with E-state index in [1.807, 2.05) is 0 Å². The van der Waals surface area contributed by atoms with E-state index in [0.29, 0.717) is 31.8 Å². The van der Waals surface area contributed by atoms with Crippen molar-refractivity contribution in [3.8, 4) is 0 Å². The predicted octanol–water partition coefficient (Wildman–Crippen LogP) is 1.37. The number of likely N-dealkylation sites (N-methyl/N-ethyl adjacent to an activating group) is 1. The number of nitrogens with one attached hydrogen (secondary N) is 1. The number of urea groups is 1. The van der Waals surface area contributed by atoms with Crippen LogP contribution in [0.15, 0.2) is 0 Å². The first-order valence-corrected chi connectivity index (χ1v) is 7.99. The molecule has 1 saturated carbocycles. The monoisotopic (exact) mass is 297 g/mol. The minimum absolute atomic E-state index is 0.220. The first-order valence-electron chi connectivity index (χ1n) is 7.99. The van der Waals surface area contributed by atoms with Crippen molar-refractivity contribution in [3.63, 3.8) is 0 Å². The van der Waals surface area contributed by atoms with Gasteiger partial charge in [0.05, 0.1) is 0 Å². The Morgan fingerprint density at radius 1 is 1.29 bits per heavy atom.